The van der Waals surface area contributed by atoms with Gasteiger partial charge in [0.15, 0.2) is 0 Å². The quantitative estimate of drug-likeness (QED) is 0.154. The first-order valence-electron chi connectivity index (χ1n) is 18.7. The summed E-state index contributed by atoms with van der Waals surface area (Å²) in [4.78, 5) is 0. The first kappa shape index (κ1) is 42.7. The number of halogens is 2. The molecule has 0 N–H and O–H groups in total. The van der Waals surface area contributed by atoms with Gasteiger partial charge in [-0.15, -0.1) is 24.8 Å². The zero-order valence-corrected chi connectivity index (χ0v) is 42.6. The number of benzene rings is 4. The van der Waals surface area contributed by atoms with Gasteiger partial charge in [0.2, 0.25) is 0 Å². The first-order chi connectivity index (χ1) is 25.4. The molecule has 0 heterocycles. The summed E-state index contributed by atoms with van der Waals surface area (Å²) in [5.41, 5.74) is 10.8. The van der Waals surface area contributed by atoms with Crippen molar-refractivity contribution in [3.8, 4) is 0 Å². The molecule has 0 nitrogen and oxygen atoms in total. The van der Waals surface area contributed by atoms with Crippen LogP contribution in [0.25, 0.3) is 22.3 Å². The largest absolute Gasteiger partial charge is 0.147 e. The SMILES string of the molecule is C[Si](C)=[Hf]([C]1=CC(c2ccccc2)=CC1)[C]1=CC(c2ccccc2)=CC1.C[Si](C)=[Hf]([C]1=CC(c2ccccc2)=CC1)[C]1=CC(c2ccccc2)=CC1.Cl.Cl. The molecule has 272 valence electrons. The van der Waals surface area contributed by atoms with Crippen LogP contribution in [0.1, 0.15) is 47.9 Å². The summed E-state index contributed by atoms with van der Waals surface area (Å²) in [7, 11) is 0. The van der Waals surface area contributed by atoms with Gasteiger partial charge in [0.1, 0.15) is 0 Å². The van der Waals surface area contributed by atoms with Gasteiger partial charge in [-0.3, -0.25) is 0 Å². The molecule has 0 atom stereocenters. The van der Waals surface area contributed by atoms with Crippen molar-refractivity contribution in [2.45, 2.75) is 51.9 Å². The van der Waals surface area contributed by atoms with Crippen LogP contribution in [0.15, 0.2) is 183 Å². The predicted molar refractivity (Wildman–Crippen MR) is 238 cm³/mol. The van der Waals surface area contributed by atoms with Crippen molar-refractivity contribution in [2.75, 3.05) is 0 Å². The van der Waals surface area contributed by atoms with E-state index in [1.807, 2.05) is 13.3 Å². The van der Waals surface area contributed by atoms with E-state index < -0.39 is 40.1 Å². The van der Waals surface area contributed by atoms with Gasteiger partial charge in [0.05, 0.1) is 0 Å². The van der Waals surface area contributed by atoms with Crippen molar-refractivity contribution in [2.24, 2.45) is 0 Å². The zero-order valence-electron chi connectivity index (χ0n) is 31.8. The van der Waals surface area contributed by atoms with E-state index in [-0.39, 0.29) is 35.8 Å². The average molecular weight is 1110 g/mol. The summed E-state index contributed by atoms with van der Waals surface area (Å²) < 4.78 is 7.28. The van der Waals surface area contributed by atoms with Crippen LogP contribution in [0, 0.1) is 0 Å². The molecule has 0 saturated carbocycles. The standard InChI is InChI=1S/4C11H9.2C2H6Si.2ClH.2Hf/c4*1-2-6-10(7-3-1)11-8-4-5-9-11;2*1-3-2;;;;/h4*1-3,6-9H,4H2;2*1-2H3;2*1H;;. The van der Waals surface area contributed by atoms with Crippen molar-refractivity contribution < 1.29 is 40.1 Å². The van der Waals surface area contributed by atoms with E-state index in [0.29, 0.717) is 0 Å². The normalized spacial score (nSPS) is 15.3. The number of rotatable bonds is 8. The molecule has 0 amide bonds. The second-order valence-corrected chi connectivity index (χ2v) is 62.7. The molecule has 0 aromatic heterocycles. The third-order valence-electron chi connectivity index (χ3n) is 10.2. The number of hydrogen-bond donors (Lipinski definition) is 0. The second kappa shape index (κ2) is 20.6. The third-order valence-corrected chi connectivity index (χ3v) is 58.5. The van der Waals surface area contributed by atoms with Crippen molar-refractivity contribution in [3.63, 3.8) is 0 Å². The first-order valence-corrected chi connectivity index (χ1v) is 41.6. The molecule has 4 aromatic carbocycles. The maximum atomic E-state index is 2.55. The fourth-order valence-corrected chi connectivity index (χ4v) is 55.5. The molecule has 0 saturated heterocycles. The summed E-state index contributed by atoms with van der Waals surface area (Å²) in [6.45, 7) is 10.2. The summed E-state index contributed by atoms with van der Waals surface area (Å²) in [5, 5.41) is 0. The Labute approximate surface area is 352 Å². The van der Waals surface area contributed by atoms with Crippen LogP contribution >= 0.6 is 24.8 Å². The second-order valence-electron chi connectivity index (χ2n) is 14.3. The monoisotopic (exact) mass is 1110 g/mol. The fourth-order valence-electron chi connectivity index (χ4n) is 7.82. The van der Waals surface area contributed by atoms with Gasteiger partial charge in [-0.05, 0) is 0 Å². The number of hydrogen-bond acceptors (Lipinski definition) is 0. The van der Waals surface area contributed by atoms with E-state index in [2.05, 4.69) is 196 Å². The Morgan fingerprint density at radius 1 is 0.333 bits per heavy atom. The van der Waals surface area contributed by atoms with Crippen LogP contribution in [0.3, 0.4) is 0 Å². The van der Waals surface area contributed by atoms with E-state index >= 15 is 0 Å². The van der Waals surface area contributed by atoms with E-state index in [0.717, 1.165) is 0 Å². The van der Waals surface area contributed by atoms with Crippen LogP contribution in [0.5, 0.6) is 0 Å². The van der Waals surface area contributed by atoms with Crippen LogP contribution in [0.2, 0.25) is 26.2 Å². The third kappa shape index (κ3) is 10.5. The van der Waals surface area contributed by atoms with E-state index in [9.17, 15) is 0 Å². The minimum atomic E-state index is -1.90. The van der Waals surface area contributed by atoms with E-state index in [1.165, 1.54) is 70.2 Å². The topological polar surface area (TPSA) is 0 Å². The Kier molecular flexibility index (Phi) is 16.3. The molecule has 0 bridgehead atoms. The molecule has 0 radical (unpaired) electrons. The minimum Gasteiger partial charge on any atom is -0.147 e. The molecule has 4 aliphatic carbocycles. The molecule has 0 aliphatic heterocycles. The Balaban J connectivity index is 0.000000200. The Hall–Kier alpha value is -2.45. The molecule has 0 fully saturated rings. The predicted octanol–water partition coefficient (Wildman–Crippen LogP) is 14.0. The van der Waals surface area contributed by atoms with Gasteiger partial charge in [0, 0.05) is 0 Å². The maximum absolute atomic E-state index is 2.55. The Morgan fingerprint density at radius 3 is 0.722 bits per heavy atom. The number of allylic oxidation sites excluding steroid dienone is 16. The van der Waals surface area contributed by atoms with Gasteiger partial charge in [-0.25, -0.2) is 0 Å². The maximum Gasteiger partial charge on any atom is -0.147 e. The van der Waals surface area contributed by atoms with Gasteiger partial charge >= 0.3 is 331 Å². The summed E-state index contributed by atoms with van der Waals surface area (Å²) in [5.74, 6) is 0. The summed E-state index contributed by atoms with van der Waals surface area (Å²) in [6, 6.07) is 43.5. The van der Waals surface area contributed by atoms with E-state index in [4.69, 9.17) is 0 Å². The molecule has 54 heavy (non-hydrogen) atoms. The molecule has 0 unspecified atom stereocenters. The van der Waals surface area contributed by atoms with Crippen molar-refractivity contribution in [1.82, 2.24) is 0 Å². The van der Waals surface area contributed by atoms with Crippen LogP contribution in [-0.4, -0.2) is 11.0 Å². The van der Waals surface area contributed by atoms with Gasteiger partial charge in [-0.2, -0.15) is 0 Å². The van der Waals surface area contributed by atoms with Crippen molar-refractivity contribution in [1.29, 1.82) is 0 Å². The molecular weight excluding hydrogens is 1060 g/mol. The fraction of sp³-hybridized carbons (Fsp3) is 0.167. The summed E-state index contributed by atoms with van der Waals surface area (Å²) in [6.07, 6.45) is 24.8. The molecule has 8 rings (SSSR count). The van der Waals surface area contributed by atoms with Gasteiger partial charge < -0.3 is 0 Å². The van der Waals surface area contributed by atoms with Gasteiger partial charge in [0.25, 0.3) is 0 Å². The smallest absolute Gasteiger partial charge is 0.147 e. The van der Waals surface area contributed by atoms with Crippen molar-refractivity contribution >= 4 is 58.1 Å². The van der Waals surface area contributed by atoms with Crippen LogP contribution in [-0.2, 0) is 40.1 Å². The molecular formula is C48H50Cl2Hf2Si2. The molecule has 4 aliphatic rings. The molecule has 4 aromatic rings. The van der Waals surface area contributed by atoms with Crippen LogP contribution in [0.4, 0.5) is 0 Å². The molecule has 0 spiro atoms. The average Bonchev–Trinajstić information content (AvgIpc) is 4.02. The zero-order chi connectivity index (χ0) is 35.9. The van der Waals surface area contributed by atoms with E-state index in [1.54, 1.807) is 0 Å². The summed E-state index contributed by atoms with van der Waals surface area (Å²) >= 11 is -3.79. The van der Waals surface area contributed by atoms with Crippen LogP contribution < -0.4 is 0 Å². The Bertz CT molecular complexity index is 1970. The van der Waals surface area contributed by atoms with Gasteiger partial charge in [-0.1, -0.05) is 0 Å². The molecule has 6 heteroatoms. The Morgan fingerprint density at radius 2 is 0.537 bits per heavy atom. The minimum absolute atomic E-state index is 0. The van der Waals surface area contributed by atoms with Crippen molar-refractivity contribution in [3.05, 3.63) is 206 Å².